The second-order valence-electron chi connectivity index (χ2n) is 10.6. The van der Waals surface area contributed by atoms with Crippen molar-refractivity contribution in [3.63, 3.8) is 0 Å². The Morgan fingerprint density at radius 3 is 1.58 bits per heavy atom. The zero-order valence-corrected chi connectivity index (χ0v) is 25.4. The van der Waals surface area contributed by atoms with Gasteiger partial charge in [0.15, 0.2) is 0 Å². The second-order valence-corrected chi connectivity index (χ2v) is 15.6. The summed E-state index contributed by atoms with van der Waals surface area (Å²) in [6, 6.07) is 8.99. The van der Waals surface area contributed by atoms with Crippen molar-refractivity contribution < 1.29 is 10.9 Å². The average molecular weight is 619 g/mol. The first kappa shape index (κ1) is 26.8. The van der Waals surface area contributed by atoms with Gasteiger partial charge in [0, 0.05) is 11.3 Å². The van der Waals surface area contributed by atoms with Crippen molar-refractivity contribution in [2.45, 2.75) is 75.2 Å². The van der Waals surface area contributed by atoms with Crippen LogP contribution in [0.1, 0.15) is 67.0 Å². The predicted molar refractivity (Wildman–Crippen MR) is 148 cm³/mol. The van der Waals surface area contributed by atoms with Crippen LogP contribution in [-0.4, -0.2) is 11.4 Å². The van der Waals surface area contributed by atoms with Crippen molar-refractivity contribution in [2.24, 2.45) is 26.7 Å². The van der Waals surface area contributed by atoms with Gasteiger partial charge in [0.25, 0.3) is 0 Å². The maximum absolute atomic E-state index is 5.39. The molecule has 0 aliphatic heterocycles. The fourth-order valence-corrected chi connectivity index (χ4v) is 6.09. The number of halogens is 2. The Labute approximate surface area is 220 Å². The fourth-order valence-electron chi connectivity index (χ4n) is 6.09. The summed E-state index contributed by atoms with van der Waals surface area (Å²) < 4.78 is 0. The molecule has 2 aromatic carbocycles. The molecule has 33 heavy (non-hydrogen) atoms. The molecule has 2 aromatic rings. The number of nitrogens with zero attached hydrogens (tertiary/aromatic N) is 2. The van der Waals surface area contributed by atoms with Crippen LogP contribution in [0, 0.1) is 58.3 Å². The van der Waals surface area contributed by atoms with Crippen LogP contribution >= 0.6 is 28.5 Å². The van der Waals surface area contributed by atoms with Gasteiger partial charge in [-0.15, -0.1) is 0 Å². The van der Waals surface area contributed by atoms with E-state index in [1.165, 1.54) is 68.5 Å². The molecule has 0 saturated heterocycles. The maximum atomic E-state index is 5.39. The minimum absolute atomic E-state index is 0.0623. The summed E-state index contributed by atoms with van der Waals surface area (Å²) >= 11 is 6.00. The third-order valence-corrected chi connectivity index (χ3v) is 8.05. The van der Waals surface area contributed by atoms with Crippen LogP contribution in [0.2, 0.25) is 0 Å². The Balaban J connectivity index is 0.000000968. The summed E-state index contributed by atoms with van der Waals surface area (Å²) in [5.41, 5.74) is 12.6. The normalized spacial score (nSPS) is 25.6. The number of rotatable bonds is 2. The van der Waals surface area contributed by atoms with E-state index in [1.54, 1.807) is 0 Å². The van der Waals surface area contributed by atoms with Crippen molar-refractivity contribution >= 4 is 51.2 Å². The molecule has 2 bridgehead atoms. The molecule has 0 aromatic heterocycles. The summed E-state index contributed by atoms with van der Waals surface area (Å²) in [5.74, 6) is 0.465. The molecule has 0 spiro atoms. The summed E-state index contributed by atoms with van der Waals surface area (Å²) in [6.07, 6.45) is 2.40. The first-order valence-electron chi connectivity index (χ1n) is 11.5. The van der Waals surface area contributed by atoms with Gasteiger partial charge in [-0.3, -0.25) is 9.98 Å². The van der Waals surface area contributed by atoms with E-state index in [4.69, 9.17) is 9.98 Å². The van der Waals surface area contributed by atoms with Crippen LogP contribution in [0.15, 0.2) is 34.3 Å². The molecular formula is C28H36Br2N2Ni. The molecule has 0 heterocycles. The van der Waals surface area contributed by atoms with Gasteiger partial charge in [-0.05, 0) is 82.1 Å². The molecule has 182 valence electrons. The summed E-state index contributed by atoms with van der Waals surface area (Å²) in [4.78, 5) is 10.8. The van der Waals surface area contributed by atoms with E-state index >= 15 is 0 Å². The van der Waals surface area contributed by atoms with Gasteiger partial charge in [0.1, 0.15) is 0 Å². The van der Waals surface area contributed by atoms with E-state index in [9.17, 15) is 0 Å². The number of aliphatic imine (C=N–C) groups is 2. The van der Waals surface area contributed by atoms with Crippen LogP contribution in [0.25, 0.3) is 0 Å². The third-order valence-electron chi connectivity index (χ3n) is 8.05. The molecular weight excluding hydrogens is 583 g/mol. The van der Waals surface area contributed by atoms with Gasteiger partial charge in [-0.25, -0.2) is 0 Å². The monoisotopic (exact) mass is 616 g/mol. The summed E-state index contributed by atoms with van der Waals surface area (Å²) in [7, 11) is 1.25. The minimum atomic E-state index is 0.0623. The van der Waals surface area contributed by atoms with E-state index in [0.29, 0.717) is 5.92 Å². The van der Waals surface area contributed by atoms with Gasteiger partial charge in [-0.1, -0.05) is 56.2 Å². The number of hydrogen-bond acceptors (Lipinski definition) is 2. The molecule has 0 radical (unpaired) electrons. The summed E-state index contributed by atoms with van der Waals surface area (Å²) in [6.45, 7) is 20.3. The Hall–Kier alpha value is -0.766. The molecule has 4 rings (SSSR count). The number of hydrogen-bond donors (Lipinski definition) is 0. The molecule has 0 N–H and O–H groups in total. The van der Waals surface area contributed by atoms with Crippen molar-refractivity contribution in [3.8, 4) is 0 Å². The standard InChI is InChI=1S/C28H36N2.2BrH.Ni/c1-16-12-18(3)23(19(4)13-16)29-25-22-10-11-28(9,27(22,7)8)26(25)30-24-20(5)14-17(2)15-21(24)6;;;/h12-15,22H,10-11H2,1-9H3;2*1H;/q;;;+2/p-2. The topological polar surface area (TPSA) is 24.7 Å². The number of benzene rings is 2. The zero-order valence-electron chi connectivity index (χ0n) is 21.3. The van der Waals surface area contributed by atoms with Gasteiger partial charge in [-0.2, -0.15) is 0 Å². The van der Waals surface area contributed by atoms with Crippen LogP contribution in [-0.2, 0) is 10.9 Å². The Morgan fingerprint density at radius 1 is 0.758 bits per heavy atom. The second kappa shape index (κ2) is 10.1. The predicted octanol–water partition coefficient (Wildman–Crippen LogP) is 9.53. The van der Waals surface area contributed by atoms with Crippen molar-refractivity contribution in [1.82, 2.24) is 0 Å². The van der Waals surface area contributed by atoms with Gasteiger partial charge in [0.05, 0.1) is 22.8 Å². The van der Waals surface area contributed by atoms with E-state index in [2.05, 4.69) is 115 Å². The molecule has 2 aliphatic carbocycles. The van der Waals surface area contributed by atoms with Crippen molar-refractivity contribution in [3.05, 3.63) is 57.6 Å². The number of fused-ring (bicyclic) bond motifs is 2. The molecule has 2 atom stereocenters. The van der Waals surface area contributed by atoms with E-state index in [0.717, 1.165) is 11.4 Å². The average Bonchev–Trinajstić information content (AvgIpc) is 3.00. The first-order chi connectivity index (χ1) is 15.4. The SMILES string of the molecule is Cc1cc(C)c(N=C2C(=Nc3c(C)cc(C)cc3C)C3(C)CCC2C3(C)C)c(C)c1.[Br][Ni][Br]. The number of aryl methyl sites for hydroxylation is 6. The Kier molecular flexibility index (Phi) is 8.19. The molecule has 2 fully saturated rings. The van der Waals surface area contributed by atoms with E-state index < -0.39 is 0 Å². The van der Waals surface area contributed by atoms with E-state index in [1.807, 2.05) is 0 Å². The van der Waals surface area contributed by atoms with Gasteiger partial charge in [0.2, 0.25) is 0 Å². The molecule has 2 nitrogen and oxygen atoms in total. The van der Waals surface area contributed by atoms with Gasteiger partial charge >= 0.3 is 39.3 Å². The van der Waals surface area contributed by atoms with E-state index in [-0.39, 0.29) is 10.8 Å². The summed E-state index contributed by atoms with van der Waals surface area (Å²) in [5, 5.41) is 0. The molecule has 2 unspecified atom stereocenters. The third kappa shape index (κ3) is 4.84. The molecule has 2 saturated carbocycles. The Morgan fingerprint density at radius 2 is 1.15 bits per heavy atom. The van der Waals surface area contributed by atoms with Crippen LogP contribution in [0.5, 0.6) is 0 Å². The molecule has 5 heteroatoms. The van der Waals surface area contributed by atoms with Crippen LogP contribution < -0.4 is 0 Å². The van der Waals surface area contributed by atoms with Crippen molar-refractivity contribution in [1.29, 1.82) is 0 Å². The molecule has 2 aliphatic rings. The Bertz CT molecular complexity index is 1090. The first-order valence-corrected chi connectivity index (χ1v) is 16.4. The fraction of sp³-hybridized carbons (Fsp3) is 0.500. The zero-order chi connectivity index (χ0) is 24.7. The quantitative estimate of drug-likeness (QED) is 0.300. The van der Waals surface area contributed by atoms with Crippen LogP contribution in [0.3, 0.4) is 0 Å². The molecule has 0 amide bonds. The van der Waals surface area contributed by atoms with Crippen LogP contribution in [0.4, 0.5) is 11.4 Å². The van der Waals surface area contributed by atoms with Crippen molar-refractivity contribution in [2.75, 3.05) is 0 Å². The van der Waals surface area contributed by atoms with Gasteiger partial charge < -0.3 is 0 Å².